The summed E-state index contributed by atoms with van der Waals surface area (Å²) in [5, 5.41) is 53.3. The van der Waals surface area contributed by atoms with Gasteiger partial charge in [0.25, 0.3) is 0 Å². The summed E-state index contributed by atoms with van der Waals surface area (Å²) in [6.45, 7) is 2.87. The van der Waals surface area contributed by atoms with E-state index in [2.05, 4.69) is 53.2 Å². The quantitative estimate of drug-likeness (QED) is 0.0210. The number of aliphatic hydroxyl groups is 1. The number of benzene rings is 1. The van der Waals surface area contributed by atoms with Gasteiger partial charge in [-0.1, -0.05) is 47.6 Å². The fraction of sp³-hybridized carbons (Fsp3) is 0.592. The Labute approximate surface area is 490 Å². The molecule has 84 heavy (non-hydrogen) atoms. The zero-order valence-electron chi connectivity index (χ0n) is 46.5. The van der Waals surface area contributed by atoms with E-state index in [1.54, 1.807) is 0 Å². The molecular weight excluding hydrogens is 1150 g/mol. The minimum Gasteiger partial charge on any atom is -0.508 e. The fourth-order valence-corrected chi connectivity index (χ4v) is 9.75. The summed E-state index contributed by atoms with van der Waals surface area (Å²) in [4.78, 5) is 183. The predicted molar refractivity (Wildman–Crippen MR) is 302 cm³/mol. The first-order valence-corrected chi connectivity index (χ1v) is 28.8. The number of rotatable bonds is 28. The first-order chi connectivity index (χ1) is 39.5. The van der Waals surface area contributed by atoms with Gasteiger partial charge in [0.15, 0.2) is 5.78 Å². The number of hydrogen-bond acceptors (Lipinski definition) is 22. The molecule has 11 atom stereocenters. The number of ketones is 1. The van der Waals surface area contributed by atoms with E-state index in [4.69, 9.17) is 34.4 Å². The summed E-state index contributed by atoms with van der Waals surface area (Å²) in [5.74, 6) is -14.8. The molecule has 1 aromatic rings. The molecule has 0 aromatic heterocycles. The second kappa shape index (κ2) is 36.8. The topological polar surface area (TPSA) is 576 Å². The molecule has 1 aliphatic heterocycles. The highest BCUT2D eigenvalue weighted by molar-refractivity contribution is 8.77. The van der Waals surface area contributed by atoms with Crippen molar-refractivity contribution in [3.8, 4) is 5.75 Å². The number of primary amides is 2. The van der Waals surface area contributed by atoms with Crippen LogP contribution in [0.4, 0.5) is 0 Å². The first-order valence-electron chi connectivity index (χ1n) is 26.4. The predicted octanol–water partition coefficient (Wildman–Crippen LogP) is -8.25. The van der Waals surface area contributed by atoms with Crippen LogP contribution in [0.15, 0.2) is 24.3 Å². The zero-order chi connectivity index (χ0) is 63.4. The molecule has 0 saturated carbocycles. The van der Waals surface area contributed by atoms with Gasteiger partial charge in [0.1, 0.15) is 59.5 Å². The number of carbonyl (C=O) groups is 14. The van der Waals surface area contributed by atoms with Crippen molar-refractivity contribution < 1.29 is 82.4 Å². The van der Waals surface area contributed by atoms with E-state index in [-0.39, 0.29) is 56.7 Å². The van der Waals surface area contributed by atoms with Crippen molar-refractivity contribution in [1.82, 2.24) is 53.2 Å². The summed E-state index contributed by atoms with van der Waals surface area (Å²) in [7, 11) is 1.70. The van der Waals surface area contributed by atoms with E-state index in [1.807, 2.05) is 0 Å². The van der Waals surface area contributed by atoms with E-state index in [0.29, 0.717) is 5.56 Å². The molecule has 2 rings (SSSR count). The highest BCUT2D eigenvalue weighted by Gasteiger charge is 2.37. The van der Waals surface area contributed by atoms with Crippen LogP contribution < -0.4 is 87.6 Å². The molecule has 33 nitrogen and oxygen atoms in total. The second-order valence-corrected chi connectivity index (χ2v) is 22.2. The number of aliphatic carboxylic acids is 1. The Kier molecular flexibility index (Phi) is 31.7. The van der Waals surface area contributed by atoms with Crippen molar-refractivity contribution in [2.24, 2.45) is 40.3 Å². The Hall–Kier alpha value is -7.70. The van der Waals surface area contributed by atoms with Gasteiger partial charge in [-0.05, 0) is 56.2 Å². The Balaban J connectivity index is 2.43. The number of Topliss-reactive ketones (excluding diaryl/α,β-unsaturated/α-hetero) is 1. The fourth-order valence-electron chi connectivity index (χ4n) is 7.60. The molecule has 1 fully saturated rings. The summed E-state index contributed by atoms with van der Waals surface area (Å²) in [5.41, 5.74) is 34.2. The van der Waals surface area contributed by atoms with Gasteiger partial charge < -0.3 is 103 Å². The van der Waals surface area contributed by atoms with Crippen molar-refractivity contribution in [3.05, 3.63) is 29.8 Å². The van der Waals surface area contributed by atoms with E-state index in [1.165, 1.54) is 38.1 Å². The van der Waals surface area contributed by atoms with Gasteiger partial charge >= 0.3 is 5.97 Å². The smallest absolute Gasteiger partial charge is 0.326 e. The Morgan fingerprint density at radius 1 is 0.679 bits per heavy atom. The standard InChI is InChI=1S/C49H78N16O17S2/c1-22(2)38(49(81)82)64-43(75)28-11-12-36(71)57-15-13-37(72)56-14-5-4-6-27(42(74)65-39(23(3)66)48(80)59-28)58-46(78)32(20-51)63-44(76)29(16-24-7-9-25(67)10-8-24)60-45(77)30(17-34(53)69)61-47(79)31(19-50)62-41(73)26(52)21-83-84-40(55)33(68)18-35(54)70/h7-10,22-23,26-32,38-40,66-67H,4-6,11-21,50-52,55H2,1-3H3,(H2,53,69)(H2,54,70)(H,56,72)(H,57,71)(H,58,78)(H,59,80)(H,60,77)(H,61,79)(H,62,73)(H,63,76)(H,64,75)(H,65,74)(H,81,82)/t23-,26+,27+,28+,29+,30+,31+,32+,38+,39?,40?/m1/s1. The molecule has 1 saturated heterocycles. The van der Waals surface area contributed by atoms with Crippen LogP contribution in [0.2, 0.25) is 0 Å². The Bertz CT molecular complexity index is 2510. The number of nitrogens with one attached hydrogen (secondary N) is 10. The lowest BCUT2D eigenvalue weighted by Gasteiger charge is -2.28. The monoisotopic (exact) mass is 1230 g/mol. The molecule has 1 aliphatic rings. The number of carboxylic acid groups (broad SMARTS) is 1. The number of nitrogens with two attached hydrogens (primary N) is 6. The number of carboxylic acids is 1. The van der Waals surface area contributed by atoms with Crippen LogP contribution >= 0.6 is 21.6 Å². The maximum atomic E-state index is 14.2. The van der Waals surface area contributed by atoms with Gasteiger partial charge in [-0.2, -0.15) is 0 Å². The van der Waals surface area contributed by atoms with E-state index >= 15 is 0 Å². The minimum absolute atomic E-state index is 0.0701. The number of amides is 12. The number of aromatic hydroxyl groups is 1. The van der Waals surface area contributed by atoms with Crippen LogP contribution in [0.25, 0.3) is 0 Å². The van der Waals surface area contributed by atoms with Crippen molar-refractivity contribution in [1.29, 1.82) is 0 Å². The van der Waals surface area contributed by atoms with Crippen LogP contribution in [0.3, 0.4) is 0 Å². The molecule has 35 heteroatoms. The Morgan fingerprint density at radius 3 is 1.82 bits per heavy atom. The zero-order valence-corrected chi connectivity index (χ0v) is 48.1. The van der Waals surface area contributed by atoms with E-state index < -0.39 is 193 Å². The molecule has 468 valence electrons. The summed E-state index contributed by atoms with van der Waals surface area (Å²) in [6.07, 6.45) is -4.40. The molecule has 12 amide bonds. The van der Waals surface area contributed by atoms with Crippen molar-refractivity contribution >= 4 is 104 Å². The highest BCUT2D eigenvalue weighted by atomic mass is 33.1. The Morgan fingerprint density at radius 2 is 1.24 bits per heavy atom. The minimum atomic E-state index is -1.85. The lowest BCUT2D eigenvalue weighted by molar-refractivity contribution is -0.144. The molecular formula is C49H78N16O17S2. The SMILES string of the molecule is CC(C)[C@H](NC(=O)[C@@H]1CCC(=O)NCCC(=O)NCCCC[C@H](NC(=O)[C@H](CN)NC(=O)[C@H](Cc2ccc(O)cc2)NC(=O)[C@H](CC(N)=O)NC(=O)[C@H](CN)NC(=O)[C@@H](N)CSSC(N)C(=O)CC(N)=O)C(=O)NC([C@@H](C)O)C(=O)N1)C(=O)O. The van der Waals surface area contributed by atoms with Gasteiger partial charge in [0, 0.05) is 51.2 Å². The molecule has 0 radical (unpaired) electrons. The van der Waals surface area contributed by atoms with Crippen molar-refractivity contribution in [3.63, 3.8) is 0 Å². The third-order valence-corrected chi connectivity index (χ3v) is 14.9. The summed E-state index contributed by atoms with van der Waals surface area (Å²) >= 11 is 0. The first kappa shape index (κ1) is 72.4. The average molecular weight is 1230 g/mol. The number of phenols is 1. The summed E-state index contributed by atoms with van der Waals surface area (Å²) < 4.78 is 0. The third kappa shape index (κ3) is 26.3. The van der Waals surface area contributed by atoms with Crippen molar-refractivity contribution in [2.75, 3.05) is 31.9 Å². The van der Waals surface area contributed by atoms with Gasteiger partial charge in [-0.3, -0.25) is 62.3 Å². The number of phenolic OH excluding ortho intramolecular Hbond substituents is 1. The maximum Gasteiger partial charge on any atom is 0.326 e. The highest BCUT2D eigenvalue weighted by Crippen LogP contribution is 2.25. The van der Waals surface area contributed by atoms with Gasteiger partial charge in [0.05, 0.1) is 25.0 Å². The lowest BCUT2D eigenvalue weighted by atomic mass is 10.0. The molecule has 1 aromatic carbocycles. The van der Waals surface area contributed by atoms with Crippen LogP contribution in [0.5, 0.6) is 5.75 Å². The number of aliphatic hydroxyl groups excluding tert-OH is 1. The van der Waals surface area contributed by atoms with Gasteiger partial charge in [-0.15, -0.1) is 0 Å². The van der Waals surface area contributed by atoms with Gasteiger partial charge in [-0.25, -0.2) is 4.79 Å². The molecule has 1 heterocycles. The molecule has 0 bridgehead atoms. The third-order valence-electron chi connectivity index (χ3n) is 12.3. The number of carbonyl (C=O) groups excluding carboxylic acids is 13. The molecule has 0 aliphatic carbocycles. The van der Waals surface area contributed by atoms with Crippen LogP contribution in [0, 0.1) is 5.92 Å². The van der Waals surface area contributed by atoms with Crippen molar-refractivity contribution in [2.45, 2.75) is 144 Å². The maximum absolute atomic E-state index is 14.2. The largest absolute Gasteiger partial charge is 0.508 e. The molecule has 0 spiro atoms. The normalized spacial score (nSPS) is 19.5. The van der Waals surface area contributed by atoms with Crippen LogP contribution in [-0.2, 0) is 73.5 Å². The number of hydrogen-bond donors (Lipinski definition) is 19. The van der Waals surface area contributed by atoms with Gasteiger partial charge in [0.2, 0.25) is 70.9 Å². The summed E-state index contributed by atoms with van der Waals surface area (Å²) in [6, 6.07) is -9.30. The van der Waals surface area contributed by atoms with E-state index in [9.17, 15) is 82.4 Å². The molecule has 25 N–H and O–H groups in total. The lowest BCUT2D eigenvalue weighted by Crippen LogP contribution is -2.63. The second-order valence-electron chi connectivity index (χ2n) is 19.7. The average Bonchev–Trinajstić information content (AvgIpc) is 3.42. The van der Waals surface area contributed by atoms with Crippen LogP contribution in [0.1, 0.15) is 77.7 Å². The molecule has 2 unspecified atom stereocenters. The van der Waals surface area contributed by atoms with Crippen LogP contribution in [-0.4, -0.2) is 196 Å². The van der Waals surface area contributed by atoms with E-state index in [0.717, 1.165) is 28.5 Å².